The molecule has 0 fully saturated rings. The second kappa shape index (κ2) is 8.82. The van der Waals surface area contributed by atoms with Crippen molar-refractivity contribution in [3.8, 4) is 0 Å². The number of ketones is 1. The van der Waals surface area contributed by atoms with E-state index >= 15 is 0 Å². The third-order valence-corrected chi connectivity index (χ3v) is 6.64. The molecule has 1 N–H and O–H groups in total. The quantitative estimate of drug-likeness (QED) is 0.400. The summed E-state index contributed by atoms with van der Waals surface area (Å²) in [4.78, 5) is 13.3. The van der Waals surface area contributed by atoms with Crippen molar-refractivity contribution in [1.29, 1.82) is 0 Å². The molecular weight excluding hydrogens is 414 g/mol. The molecule has 0 aromatic heterocycles. The van der Waals surface area contributed by atoms with Crippen LogP contribution < -0.4 is 4.72 Å². The lowest BCUT2D eigenvalue weighted by Crippen LogP contribution is -2.12. The molecule has 0 aliphatic carbocycles. The highest BCUT2D eigenvalue weighted by atomic mass is 35.5. The van der Waals surface area contributed by atoms with Crippen LogP contribution >= 0.6 is 23.4 Å². The first kappa shape index (κ1) is 20.5. The number of aryl methyl sites for hydroxylation is 1. The fraction of sp³-hybridized carbons (Fsp3) is 0.0952. The predicted octanol–water partition coefficient (Wildman–Crippen LogP) is 5.42. The second-order valence-corrected chi connectivity index (χ2v) is 9.33. The van der Waals surface area contributed by atoms with Gasteiger partial charge in [0.25, 0.3) is 10.0 Å². The van der Waals surface area contributed by atoms with E-state index in [1.807, 2.05) is 6.92 Å². The molecule has 3 aromatic rings. The lowest BCUT2D eigenvalue weighted by atomic mass is 10.1. The summed E-state index contributed by atoms with van der Waals surface area (Å²) in [7, 11) is -3.63. The molecule has 0 bridgehead atoms. The van der Waals surface area contributed by atoms with Crippen molar-refractivity contribution in [3.05, 3.63) is 88.9 Å². The van der Waals surface area contributed by atoms with Crippen molar-refractivity contribution >= 4 is 44.9 Å². The number of rotatable bonds is 7. The summed E-state index contributed by atoms with van der Waals surface area (Å²) < 4.78 is 27.4. The molecule has 0 unspecified atom stereocenters. The molecule has 0 radical (unpaired) electrons. The van der Waals surface area contributed by atoms with Gasteiger partial charge in [0.15, 0.2) is 5.78 Å². The first-order chi connectivity index (χ1) is 13.3. The molecule has 3 rings (SSSR count). The number of halogens is 1. The monoisotopic (exact) mass is 431 g/mol. The van der Waals surface area contributed by atoms with Crippen LogP contribution in [-0.2, 0) is 10.0 Å². The van der Waals surface area contributed by atoms with Gasteiger partial charge in [-0.25, -0.2) is 8.42 Å². The largest absolute Gasteiger partial charge is 0.293 e. The number of anilines is 1. The molecule has 0 heterocycles. The van der Waals surface area contributed by atoms with E-state index in [-0.39, 0.29) is 16.4 Å². The SMILES string of the molecule is Cc1ccc(S(=O)(=O)Nc2ccc(SCC(=O)c3ccc(Cl)cc3)cc2)cc1. The molecule has 0 aliphatic heterocycles. The number of benzene rings is 3. The van der Waals surface area contributed by atoms with Gasteiger partial charge in [0.05, 0.1) is 10.6 Å². The van der Waals surface area contributed by atoms with Gasteiger partial charge < -0.3 is 0 Å². The Morgan fingerprint density at radius 1 is 0.929 bits per heavy atom. The molecular formula is C21H18ClNO3S2. The normalized spacial score (nSPS) is 11.2. The minimum atomic E-state index is -3.63. The predicted molar refractivity (Wildman–Crippen MR) is 115 cm³/mol. The Hall–Kier alpha value is -2.28. The average molecular weight is 432 g/mol. The molecule has 4 nitrogen and oxygen atoms in total. The van der Waals surface area contributed by atoms with Crippen LogP contribution in [0.2, 0.25) is 5.02 Å². The van der Waals surface area contributed by atoms with Gasteiger partial charge in [-0.05, 0) is 67.6 Å². The van der Waals surface area contributed by atoms with Crippen LogP contribution in [0.15, 0.2) is 82.6 Å². The highest BCUT2D eigenvalue weighted by molar-refractivity contribution is 8.00. The van der Waals surface area contributed by atoms with Crippen molar-refractivity contribution in [3.63, 3.8) is 0 Å². The van der Waals surface area contributed by atoms with E-state index in [0.717, 1.165) is 10.5 Å². The van der Waals surface area contributed by atoms with Gasteiger partial charge in [0.1, 0.15) is 0 Å². The minimum Gasteiger partial charge on any atom is -0.293 e. The van der Waals surface area contributed by atoms with Crippen molar-refractivity contribution in [2.75, 3.05) is 10.5 Å². The fourth-order valence-corrected chi connectivity index (χ4v) is 4.40. The van der Waals surface area contributed by atoms with E-state index in [1.165, 1.54) is 11.8 Å². The van der Waals surface area contributed by atoms with Gasteiger partial charge in [0.2, 0.25) is 0 Å². The highest BCUT2D eigenvalue weighted by Crippen LogP contribution is 2.23. The maximum atomic E-state index is 12.4. The third kappa shape index (κ3) is 5.38. The Labute approximate surface area is 174 Å². The second-order valence-electron chi connectivity index (χ2n) is 6.16. The van der Waals surface area contributed by atoms with Crippen LogP contribution in [0.4, 0.5) is 5.69 Å². The molecule has 144 valence electrons. The molecule has 28 heavy (non-hydrogen) atoms. The van der Waals surface area contributed by atoms with Crippen molar-refractivity contribution in [2.24, 2.45) is 0 Å². The molecule has 0 aliphatic rings. The maximum Gasteiger partial charge on any atom is 0.261 e. The van der Waals surface area contributed by atoms with Crippen molar-refractivity contribution < 1.29 is 13.2 Å². The summed E-state index contributed by atoms with van der Waals surface area (Å²) in [5.74, 6) is 0.293. The Morgan fingerprint density at radius 3 is 2.14 bits per heavy atom. The Bertz CT molecular complexity index is 1060. The van der Waals surface area contributed by atoms with E-state index in [4.69, 9.17) is 11.6 Å². The van der Waals surface area contributed by atoms with E-state index < -0.39 is 10.0 Å². The molecule has 0 atom stereocenters. The smallest absolute Gasteiger partial charge is 0.261 e. The zero-order valence-electron chi connectivity index (χ0n) is 15.1. The highest BCUT2D eigenvalue weighted by Gasteiger charge is 2.14. The van der Waals surface area contributed by atoms with E-state index in [9.17, 15) is 13.2 Å². The van der Waals surface area contributed by atoms with Gasteiger partial charge in [-0.3, -0.25) is 9.52 Å². The zero-order valence-corrected chi connectivity index (χ0v) is 17.4. The van der Waals surface area contributed by atoms with E-state index in [1.54, 1.807) is 72.8 Å². The summed E-state index contributed by atoms with van der Waals surface area (Å²) in [5.41, 5.74) is 2.07. The van der Waals surface area contributed by atoms with Crippen LogP contribution in [0.3, 0.4) is 0 Å². The molecule has 0 spiro atoms. The van der Waals surface area contributed by atoms with Crippen LogP contribution in [0.5, 0.6) is 0 Å². The molecule has 0 saturated heterocycles. The number of carbonyl (C=O) groups is 1. The van der Waals surface area contributed by atoms with Gasteiger partial charge in [-0.2, -0.15) is 0 Å². The van der Waals surface area contributed by atoms with Gasteiger partial charge in [-0.15, -0.1) is 11.8 Å². The molecule has 0 saturated carbocycles. The standard InChI is InChI=1S/C21H18ClNO3S2/c1-15-2-12-20(13-3-15)28(25,26)23-18-8-10-19(11-9-18)27-14-21(24)16-4-6-17(22)7-5-16/h2-13,23H,14H2,1H3. The van der Waals surface area contributed by atoms with Gasteiger partial charge in [-0.1, -0.05) is 29.3 Å². The number of hydrogen-bond donors (Lipinski definition) is 1. The summed E-state index contributed by atoms with van der Waals surface area (Å²) in [6.45, 7) is 1.90. The molecule has 0 amide bonds. The summed E-state index contributed by atoms with van der Waals surface area (Å²) in [6.07, 6.45) is 0. The number of nitrogens with one attached hydrogen (secondary N) is 1. The summed E-state index contributed by atoms with van der Waals surface area (Å²) in [5, 5.41) is 0.591. The Kier molecular flexibility index (Phi) is 6.44. The van der Waals surface area contributed by atoms with Crippen LogP contribution in [0, 0.1) is 6.92 Å². The van der Waals surface area contributed by atoms with Crippen molar-refractivity contribution in [1.82, 2.24) is 0 Å². The fourth-order valence-electron chi connectivity index (χ4n) is 2.42. The van der Waals surface area contributed by atoms with Crippen LogP contribution in [0.1, 0.15) is 15.9 Å². The topological polar surface area (TPSA) is 63.2 Å². The number of Topliss-reactive ketones (excluding diaryl/α,β-unsaturated/α-hetero) is 1. The average Bonchev–Trinajstić information content (AvgIpc) is 2.68. The zero-order chi connectivity index (χ0) is 20.1. The lowest BCUT2D eigenvalue weighted by Gasteiger charge is -2.09. The van der Waals surface area contributed by atoms with Gasteiger partial charge >= 0.3 is 0 Å². The summed E-state index contributed by atoms with van der Waals surface area (Å²) in [6, 6.07) is 20.4. The van der Waals surface area contributed by atoms with E-state index in [0.29, 0.717) is 16.3 Å². The van der Waals surface area contributed by atoms with Crippen LogP contribution in [0.25, 0.3) is 0 Å². The molecule has 3 aromatic carbocycles. The maximum absolute atomic E-state index is 12.4. The molecule has 7 heteroatoms. The number of thioether (sulfide) groups is 1. The summed E-state index contributed by atoms with van der Waals surface area (Å²) >= 11 is 7.22. The van der Waals surface area contributed by atoms with Gasteiger partial charge in [0, 0.05) is 21.2 Å². The number of sulfonamides is 1. The Balaban J connectivity index is 1.61. The lowest BCUT2D eigenvalue weighted by molar-refractivity contribution is 0.102. The van der Waals surface area contributed by atoms with E-state index in [2.05, 4.69) is 4.72 Å². The van der Waals surface area contributed by atoms with Crippen LogP contribution in [-0.4, -0.2) is 20.0 Å². The number of carbonyl (C=O) groups excluding carboxylic acids is 1. The number of hydrogen-bond acceptors (Lipinski definition) is 4. The van der Waals surface area contributed by atoms with Crippen molar-refractivity contribution in [2.45, 2.75) is 16.7 Å². The first-order valence-electron chi connectivity index (χ1n) is 8.45. The minimum absolute atomic E-state index is 0.00539. The Morgan fingerprint density at radius 2 is 1.54 bits per heavy atom. The first-order valence-corrected chi connectivity index (χ1v) is 11.3. The third-order valence-electron chi connectivity index (χ3n) is 3.97.